The zero-order valence-corrected chi connectivity index (χ0v) is 12.8. The highest BCUT2D eigenvalue weighted by Crippen LogP contribution is 2.32. The van der Waals surface area contributed by atoms with Gasteiger partial charge in [0.15, 0.2) is 0 Å². The number of ether oxygens (including phenoxy) is 1. The number of hydrogen-bond donors (Lipinski definition) is 0. The number of thioether (sulfide) groups is 1. The summed E-state index contributed by atoms with van der Waals surface area (Å²) in [6, 6.07) is 1.77. The minimum Gasteiger partial charge on any atom is -0.460 e. The van der Waals surface area contributed by atoms with Crippen LogP contribution in [0.4, 0.5) is 8.78 Å². The Hall–Kier alpha value is -0.660. The van der Waals surface area contributed by atoms with Crippen molar-refractivity contribution in [1.29, 1.82) is 0 Å². The second kappa shape index (κ2) is 7.38. The van der Waals surface area contributed by atoms with Gasteiger partial charge in [0, 0.05) is 10.9 Å². The summed E-state index contributed by atoms with van der Waals surface area (Å²) in [4.78, 5) is 14.7. The molecular formula is C13H17F2NO2S2. The number of carbonyl (C=O) groups excluding carboxylic acids is 1. The van der Waals surface area contributed by atoms with Gasteiger partial charge in [0.05, 0.1) is 0 Å². The fraction of sp³-hybridized carbons (Fsp3) is 0.615. The van der Waals surface area contributed by atoms with E-state index in [4.69, 9.17) is 4.74 Å². The largest absolute Gasteiger partial charge is 0.460 e. The molecule has 1 aromatic heterocycles. The maximum Gasteiger partial charge on any atom is 0.349 e. The SMILES string of the molecule is CN1CCCCC1COC(=O)c1sccc1SC(F)F. The van der Waals surface area contributed by atoms with E-state index >= 15 is 0 Å². The van der Waals surface area contributed by atoms with Crippen LogP contribution in [0.1, 0.15) is 28.9 Å². The van der Waals surface area contributed by atoms with E-state index in [-0.39, 0.29) is 10.9 Å². The van der Waals surface area contributed by atoms with Crippen LogP contribution < -0.4 is 0 Å². The normalized spacial score (nSPS) is 20.3. The number of hydrogen-bond acceptors (Lipinski definition) is 5. The first-order valence-corrected chi connectivity index (χ1v) is 8.23. The molecule has 20 heavy (non-hydrogen) atoms. The van der Waals surface area contributed by atoms with Gasteiger partial charge in [0.25, 0.3) is 5.76 Å². The number of likely N-dealkylation sites (N-methyl/N-ethyl adjacent to an activating group) is 1. The molecule has 0 bridgehead atoms. The van der Waals surface area contributed by atoms with Gasteiger partial charge in [-0.1, -0.05) is 18.2 Å². The number of rotatable bonds is 5. The monoisotopic (exact) mass is 321 g/mol. The van der Waals surface area contributed by atoms with Gasteiger partial charge in [-0.25, -0.2) is 4.79 Å². The first kappa shape index (κ1) is 15.7. The molecule has 0 radical (unpaired) electrons. The minimum absolute atomic E-state index is 0.235. The molecular weight excluding hydrogens is 304 g/mol. The maximum absolute atomic E-state index is 12.4. The maximum atomic E-state index is 12.4. The minimum atomic E-state index is -2.53. The van der Waals surface area contributed by atoms with E-state index in [2.05, 4.69) is 4.90 Å². The Morgan fingerprint density at radius 1 is 1.60 bits per heavy atom. The van der Waals surface area contributed by atoms with Crippen molar-refractivity contribution in [2.45, 2.75) is 36.0 Å². The van der Waals surface area contributed by atoms with Crippen LogP contribution in [0.25, 0.3) is 0 Å². The van der Waals surface area contributed by atoms with E-state index in [1.807, 2.05) is 7.05 Å². The highest BCUT2D eigenvalue weighted by molar-refractivity contribution is 7.99. The number of halogens is 2. The van der Waals surface area contributed by atoms with Crippen molar-refractivity contribution in [2.24, 2.45) is 0 Å². The number of alkyl halides is 2. The van der Waals surface area contributed by atoms with Crippen molar-refractivity contribution >= 4 is 29.1 Å². The predicted molar refractivity (Wildman–Crippen MR) is 76.7 cm³/mol. The molecule has 0 saturated carbocycles. The van der Waals surface area contributed by atoms with Gasteiger partial charge in [0.2, 0.25) is 0 Å². The summed E-state index contributed by atoms with van der Waals surface area (Å²) in [6.07, 6.45) is 3.31. The standard InChI is InChI=1S/C13H17F2NO2S2/c1-16-6-3-2-4-9(16)8-18-12(17)11-10(5-7-19-11)20-13(14)15/h5,7,9,13H,2-4,6,8H2,1H3. The summed E-state index contributed by atoms with van der Waals surface area (Å²) >= 11 is 1.53. The van der Waals surface area contributed by atoms with Gasteiger partial charge < -0.3 is 9.64 Å². The topological polar surface area (TPSA) is 29.5 Å². The lowest BCUT2D eigenvalue weighted by molar-refractivity contribution is 0.0330. The predicted octanol–water partition coefficient (Wildman–Crippen LogP) is 3.70. The molecule has 0 aromatic carbocycles. The Morgan fingerprint density at radius 3 is 3.10 bits per heavy atom. The average Bonchev–Trinajstić information content (AvgIpc) is 2.85. The van der Waals surface area contributed by atoms with Gasteiger partial charge in [-0.3, -0.25) is 0 Å². The van der Waals surface area contributed by atoms with E-state index < -0.39 is 11.7 Å². The van der Waals surface area contributed by atoms with E-state index in [9.17, 15) is 13.6 Å². The lowest BCUT2D eigenvalue weighted by Gasteiger charge is -2.31. The third-order valence-corrected chi connectivity index (χ3v) is 5.15. The highest BCUT2D eigenvalue weighted by atomic mass is 32.2. The molecule has 1 unspecified atom stereocenters. The Balaban J connectivity index is 1.90. The second-order valence-electron chi connectivity index (χ2n) is 4.72. The molecule has 2 rings (SSSR count). The lowest BCUT2D eigenvalue weighted by Crippen LogP contribution is -2.39. The van der Waals surface area contributed by atoms with Crippen molar-refractivity contribution in [1.82, 2.24) is 4.90 Å². The van der Waals surface area contributed by atoms with Crippen LogP contribution in [0.2, 0.25) is 0 Å². The number of piperidine rings is 1. The third-order valence-electron chi connectivity index (χ3n) is 3.36. The molecule has 3 nitrogen and oxygen atoms in total. The summed E-state index contributed by atoms with van der Waals surface area (Å²) in [6.45, 7) is 1.33. The fourth-order valence-corrected chi connectivity index (χ4v) is 3.81. The molecule has 112 valence electrons. The quantitative estimate of drug-likeness (QED) is 0.611. The smallest absolute Gasteiger partial charge is 0.349 e. The Labute approximate surface area is 125 Å². The Bertz CT molecular complexity index is 453. The van der Waals surface area contributed by atoms with Crippen molar-refractivity contribution in [2.75, 3.05) is 20.2 Å². The van der Waals surface area contributed by atoms with E-state index in [0.717, 1.165) is 30.7 Å². The van der Waals surface area contributed by atoms with Crippen molar-refractivity contribution in [3.8, 4) is 0 Å². The number of thiophene rings is 1. The van der Waals surface area contributed by atoms with E-state index in [0.29, 0.717) is 23.3 Å². The van der Waals surface area contributed by atoms with Crippen LogP contribution in [0.5, 0.6) is 0 Å². The van der Waals surface area contributed by atoms with Crippen LogP contribution >= 0.6 is 23.1 Å². The van der Waals surface area contributed by atoms with Crippen molar-refractivity contribution in [3.63, 3.8) is 0 Å². The van der Waals surface area contributed by atoms with Gasteiger partial charge >= 0.3 is 5.97 Å². The summed E-state index contributed by atoms with van der Waals surface area (Å²) in [5.41, 5.74) is 0. The molecule has 1 aromatic rings. The molecule has 0 N–H and O–H groups in total. The van der Waals surface area contributed by atoms with Gasteiger partial charge in [-0.15, -0.1) is 11.3 Å². The van der Waals surface area contributed by atoms with Gasteiger partial charge in [0.1, 0.15) is 11.5 Å². The molecule has 2 heterocycles. The summed E-state index contributed by atoms with van der Waals surface area (Å²) in [7, 11) is 2.01. The molecule has 1 atom stereocenters. The molecule has 0 amide bonds. The number of nitrogens with zero attached hydrogens (tertiary/aromatic N) is 1. The van der Waals surface area contributed by atoms with Crippen LogP contribution in [0.3, 0.4) is 0 Å². The zero-order chi connectivity index (χ0) is 14.5. The number of carbonyl (C=O) groups is 1. The average molecular weight is 321 g/mol. The lowest BCUT2D eigenvalue weighted by atomic mass is 10.0. The second-order valence-corrected chi connectivity index (χ2v) is 6.67. The number of likely N-dealkylation sites (tertiary alicyclic amines) is 1. The fourth-order valence-electron chi connectivity index (χ4n) is 2.23. The molecule has 1 saturated heterocycles. The number of esters is 1. The molecule has 7 heteroatoms. The Kier molecular flexibility index (Phi) is 5.80. The molecule has 1 fully saturated rings. The summed E-state index contributed by atoms with van der Waals surface area (Å²) < 4.78 is 30.0. The molecule has 0 spiro atoms. The first-order chi connectivity index (χ1) is 9.58. The Morgan fingerprint density at radius 2 is 2.40 bits per heavy atom. The summed E-state index contributed by atoms with van der Waals surface area (Å²) in [5.74, 6) is -3.03. The molecule has 0 aliphatic carbocycles. The highest BCUT2D eigenvalue weighted by Gasteiger charge is 2.23. The molecule has 1 aliphatic rings. The zero-order valence-electron chi connectivity index (χ0n) is 11.2. The van der Waals surface area contributed by atoms with Crippen molar-refractivity contribution in [3.05, 3.63) is 16.3 Å². The van der Waals surface area contributed by atoms with Gasteiger partial charge in [-0.05, 0) is 37.9 Å². The van der Waals surface area contributed by atoms with E-state index in [1.54, 1.807) is 5.38 Å². The summed E-state index contributed by atoms with van der Waals surface area (Å²) in [5, 5.41) is 1.63. The van der Waals surface area contributed by atoms with Gasteiger partial charge in [-0.2, -0.15) is 8.78 Å². The molecule has 1 aliphatic heterocycles. The first-order valence-electron chi connectivity index (χ1n) is 6.47. The third kappa shape index (κ3) is 4.17. The van der Waals surface area contributed by atoms with E-state index in [1.165, 1.54) is 12.5 Å². The van der Waals surface area contributed by atoms with Crippen LogP contribution in [0, 0.1) is 0 Å². The van der Waals surface area contributed by atoms with Crippen LogP contribution in [-0.4, -0.2) is 42.9 Å². The van der Waals surface area contributed by atoms with Crippen LogP contribution in [0.15, 0.2) is 16.3 Å². The van der Waals surface area contributed by atoms with Crippen LogP contribution in [-0.2, 0) is 4.74 Å². The van der Waals surface area contributed by atoms with Crippen molar-refractivity contribution < 1.29 is 18.3 Å².